The van der Waals surface area contributed by atoms with Crippen LogP contribution in [0.2, 0.25) is 0 Å². The van der Waals surface area contributed by atoms with E-state index in [9.17, 15) is 24.0 Å². The van der Waals surface area contributed by atoms with Gasteiger partial charge in [-0.2, -0.15) is 0 Å². The van der Waals surface area contributed by atoms with Gasteiger partial charge in [0, 0.05) is 6.04 Å². The lowest BCUT2D eigenvalue weighted by Crippen LogP contribution is -2.47. The van der Waals surface area contributed by atoms with E-state index in [-0.39, 0.29) is 6.04 Å². The summed E-state index contributed by atoms with van der Waals surface area (Å²) < 4.78 is 4.82. The highest BCUT2D eigenvalue weighted by molar-refractivity contribution is 6.09. The predicted molar refractivity (Wildman–Crippen MR) is 102 cm³/mol. The predicted octanol–water partition coefficient (Wildman–Crippen LogP) is 0.301. The molecule has 1 aromatic rings. The zero-order valence-electron chi connectivity index (χ0n) is 16.2. The number of rotatable bonds is 5. The zero-order chi connectivity index (χ0) is 21.3. The molecular weight excluding hydrogens is 392 g/mol. The van der Waals surface area contributed by atoms with Crippen LogP contribution < -0.4 is 16.0 Å². The second-order valence-electron chi connectivity index (χ2n) is 7.69. The summed E-state index contributed by atoms with van der Waals surface area (Å²) in [6, 6.07) is 6.17. The highest BCUT2D eigenvalue weighted by Gasteiger charge is 2.54. The molecule has 1 saturated heterocycles. The van der Waals surface area contributed by atoms with Crippen molar-refractivity contribution in [3.63, 3.8) is 0 Å². The van der Waals surface area contributed by atoms with Gasteiger partial charge in [-0.05, 0) is 43.2 Å². The molecule has 0 aromatic heterocycles. The number of urea groups is 2. The molecule has 0 bridgehead atoms. The summed E-state index contributed by atoms with van der Waals surface area (Å²) >= 11 is 0. The van der Waals surface area contributed by atoms with E-state index in [1.165, 1.54) is 0 Å². The van der Waals surface area contributed by atoms with Crippen LogP contribution in [0.4, 0.5) is 9.59 Å². The van der Waals surface area contributed by atoms with Gasteiger partial charge in [0.1, 0.15) is 12.1 Å². The Morgan fingerprint density at radius 3 is 2.73 bits per heavy atom. The number of ether oxygens (including phenoxy) is 1. The minimum atomic E-state index is -1.18. The number of fused-ring (bicyclic) bond motifs is 2. The van der Waals surface area contributed by atoms with Gasteiger partial charge in [-0.3, -0.25) is 24.6 Å². The Bertz CT molecular complexity index is 928. The van der Waals surface area contributed by atoms with Crippen LogP contribution in [0.25, 0.3) is 0 Å². The maximum Gasteiger partial charge on any atom is 0.326 e. The number of hydrogen-bond acceptors (Lipinski definition) is 6. The van der Waals surface area contributed by atoms with Crippen molar-refractivity contribution in [3.05, 3.63) is 35.4 Å². The van der Waals surface area contributed by atoms with Gasteiger partial charge >= 0.3 is 18.0 Å². The summed E-state index contributed by atoms with van der Waals surface area (Å²) in [5, 5.41) is 7.36. The minimum absolute atomic E-state index is 0.0808. The number of aryl methyl sites for hydroxylation is 1. The Morgan fingerprint density at radius 1 is 1.20 bits per heavy atom. The smallest absolute Gasteiger partial charge is 0.326 e. The molecular formula is C20H22N4O6. The van der Waals surface area contributed by atoms with E-state index in [0.29, 0.717) is 6.42 Å². The number of carbonyl (C=O) groups is 5. The molecule has 10 nitrogen and oxygen atoms in total. The van der Waals surface area contributed by atoms with Crippen molar-refractivity contribution in [1.29, 1.82) is 0 Å². The van der Waals surface area contributed by atoms with E-state index in [4.69, 9.17) is 4.74 Å². The largest absolute Gasteiger partial charge is 0.454 e. The quantitative estimate of drug-likeness (QED) is 0.469. The molecule has 1 atom stereocenters. The van der Waals surface area contributed by atoms with Crippen molar-refractivity contribution < 1.29 is 28.7 Å². The molecule has 1 heterocycles. The van der Waals surface area contributed by atoms with Gasteiger partial charge in [0.05, 0.1) is 0 Å². The monoisotopic (exact) mass is 414 g/mol. The molecule has 3 N–H and O–H groups in total. The number of nitrogens with zero attached hydrogens (tertiary/aromatic N) is 1. The molecule has 30 heavy (non-hydrogen) atoms. The van der Waals surface area contributed by atoms with Gasteiger partial charge in [-0.1, -0.05) is 24.3 Å². The van der Waals surface area contributed by atoms with E-state index in [0.717, 1.165) is 41.7 Å². The molecule has 0 unspecified atom stereocenters. The number of amides is 6. The SMILES string of the molecule is O=C(COC(=O)CN1C(=O)N[C@@]2(CCCc3ccccc32)C1=O)NC(=O)NC1CC1. The number of carbonyl (C=O) groups excluding carboxylic acids is 5. The maximum absolute atomic E-state index is 13.1. The number of nitrogens with one attached hydrogen (secondary N) is 3. The molecule has 1 spiro atoms. The molecule has 0 radical (unpaired) electrons. The first-order valence-corrected chi connectivity index (χ1v) is 9.87. The third kappa shape index (κ3) is 3.85. The van der Waals surface area contributed by atoms with E-state index < -0.39 is 48.5 Å². The average Bonchev–Trinajstić information content (AvgIpc) is 3.50. The summed E-state index contributed by atoms with van der Waals surface area (Å²) in [6.45, 7) is -1.30. The molecule has 3 aliphatic rings. The van der Waals surface area contributed by atoms with Crippen LogP contribution in [0.5, 0.6) is 0 Å². The Hall–Kier alpha value is -3.43. The highest BCUT2D eigenvalue weighted by Crippen LogP contribution is 2.39. The lowest BCUT2D eigenvalue weighted by Gasteiger charge is -2.33. The summed E-state index contributed by atoms with van der Waals surface area (Å²) in [7, 11) is 0. The highest BCUT2D eigenvalue weighted by atomic mass is 16.5. The van der Waals surface area contributed by atoms with Crippen LogP contribution in [0.3, 0.4) is 0 Å². The minimum Gasteiger partial charge on any atom is -0.454 e. The van der Waals surface area contributed by atoms with E-state index in [2.05, 4.69) is 10.6 Å². The first kappa shape index (κ1) is 19.9. The van der Waals surface area contributed by atoms with Crippen molar-refractivity contribution in [2.75, 3.05) is 13.2 Å². The summed E-state index contributed by atoms with van der Waals surface area (Å²) in [4.78, 5) is 61.6. The second kappa shape index (κ2) is 7.77. The van der Waals surface area contributed by atoms with Gasteiger partial charge in [-0.25, -0.2) is 9.59 Å². The van der Waals surface area contributed by atoms with Crippen LogP contribution in [0, 0.1) is 0 Å². The van der Waals surface area contributed by atoms with E-state index >= 15 is 0 Å². The molecule has 10 heteroatoms. The van der Waals surface area contributed by atoms with Crippen LogP contribution >= 0.6 is 0 Å². The molecule has 1 saturated carbocycles. The lowest BCUT2D eigenvalue weighted by molar-refractivity contribution is -0.151. The van der Waals surface area contributed by atoms with Gasteiger partial charge in [0.2, 0.25) is 0 Å². The first-order chi connectivity index (χ1) is 14.4. The molecule has 158 valence electrons. The number of imide groups is 2. The molecule has 2 fully saturated rings. The molecule has 2 aliphatic carbocycles. The third-order valence-electron chi connectivity index (χ3n) is 5.47. The number of esters is 1. The Labute approximate surface area is 172 Å². The first-order valence-electron chi connectivity index (χ1n) is 9.87. The van der Waals surface area contributed by atoms with Crippen molar-refractivity contribution >= 4 is 29.8 Å². The fraction of sp³-hybridized carbons (Fsp3) is 0.450. The molecule has 6 amide bonds. The standard InChI is InChI=1S/C20H22N4O6/c25-15(22-18(28)21-13-7-8-13)11-30-16(26)10-24-17(27)20(23-19(24)29)9-3-5-12-4-1-2-6-14(12)20/h1-2,4,6,13H,3,5,7-11H2,(H,23,29)(H2,21,22,25,28)/t20-/m1/s1. The molecule has 1 aromatic carbocycles. The van der Waals surface area contributed by atoms with Crippen LogP contribution in [-0.4, -0.2) is 53.9 Å². The van der Waals surface area contributed by atoms with Crippen LogP contribution in [0.15, 0.2) is 24.3 Å². The van der Waals surface area contributed by atoms with E-state index in [1.54, 1.807) is 6.07 Å². The fourth-order valence-electron chi connectivity index (χ4n) is 3.89. The van der Waals surface area contributed by atoms with Gasteiger partial charge in [0.25, 0.3) is 11.8 Å². The second-order valence-corrected chi connectivity index (χ2v) is 7.69. The van der Waals surface area contributed by atoms with Crippen LogP contribution in [-0.2, 0) is 31.1 Å². The van der Waals surface area contributed by atoms with Crippen LogP contribution in [0.1, 0.15) is 36.8 Å². The van der Waals surface area contributed by atoms with Crippen molar-refractivity contribution in [3.8, 4) is 0 Å². The molecule has 4 rings (SSSR count). The zero-order valence-corrected chi connectivity index (χ0v) is 16.2. The summed E-state index contributed by atoms with van der Waals surface area (Å²) in [5.41, 5.74) is 0.555. The maximum atomic E-state index is 13.1. The fourth-order valence-corrected chi connectivity index (χ4v) is 3.89. The lowest BCUT2D eigenvalue weighted by atomic mass is 9.76. The Balaban J connectivity index is 1.34. The number of benzene rings is 1. The molecule has 1 aliphatic heterocycles. The van der Waals surface area contributed by atoms with Crippen molar-refractivity contribution in [1.82, 2.24) is 20.9 Å². The summed E-state index contributed by atoms with van der Waals surface area (Å²) in [6.07, 6.45) is 3.72. The normalized spacial score (nSPS) is 22.3. The van der Waals surface area contributed by atoms with Crippen molar-refractivity contribution in [2.45, 2.75) is 43.7 Å². The topological polar surface area (TPSA) is 134 Å². The number of hydrogen-bond donors (Lipinski definition) is 3. The Morgan fingerprint density at radius 2 is 1.97 bits per heavy atom. The van der Waals surface area contributed by atoms with Crippen molar-refractivity contribution in [2.24, 2.45) is 0 Å². The van der Waals surface area contributed by atoms with Gasteiger partial charge in [0.15, 0.2) is 6.61 Å². The van der Waals surface area contributed by atoms with Gasteiger partial charge < -0.3 is 15.4 Å². The average molecular weight is 414 g/mol. The van der Waals surface area contributed by atoms with E-state index in [1.807, 2.05) is 23.5 Å². The Kier molecular flexibility index (Phi) is 5.15. The van der Waals surface area contributed by atoms with Gasteiger partial charge in [-0.15, -0.1) is 0 Å². The summed E-state index contributed by atoms with van der Waals surface area (Å²) in [5.74, 6) is -2.22. The third-order valence-corrected chi connectivity index (χ3v) is 5.47.